The van der Waals surface area contributed by atoms with Crippen LogP contribution in [-0.4, -0.2) is 15.4 Å². The molecule has 1 aromatic rings. The normalized spacial score (nSPS) is 20.9. The quantitative estimate of drug-likeness (QED) is 0.845. The van der Waals surface area contributed by atoms with Crippen molar-refractivity contribution in [1.29, 1.82) is 0 Å². The third-order valence-corrected chi connectivity index (χ3v) is 3.94. The van der Waals surface area contributed by atoms with E-state index < -0.39 is 0 Å². The highest BCUT2D eigenvalue weighted by atomic mass is 15.3. The lowest BCUT2D eigenvalue weighted by atomic mass is 9.91. The van der Waals surface area contributed by atoms with Gasteiger partial charge in [-0.3, -0.25) is 0 Å². The summed E-state index contributed by atoms with van der Waals surface area (Å²) in [5.74, 6) is 0.832. The lowest BCUT2D eigenvalue weighted by Gasteiger charge is -2.14. The first kappa shape index (κ1) is 12.6. The SMILES string of the molecule is c1n[nH]nc1CC1CCCCCCCCCC1. The minimum atomic E-state index is 0.832. The molecule has 0 amide bonds. The summed E-state index contributed by atoms with van der Waals surface area (Å²) in [7, 11) is 0. The molecule has 3 heteroatoms. The predicted octanol–water partition coefficient (Wildman–Crippen LogP) is 3.88. The Morgan fingerprint density at radius 1 is 0.941 bits per heavy atom. The molecule has 0 saturated heterocycles. The molecular formula is C14H25N3. The lowest BCUT2D eigenvalue weighted by molar-refractivity contribution is 0.408. The van der Waals surface area contributed by atoms with Gasteiger partial charge in [-0.15, -0.1) is 0 Å². The summed E-state index contributed by atoms with van der Waals surface area (Å²) >= 11 is 0. The number of H-pyrrole nitrogens is 1. The predicted molar refractivity (Wildman–Crippen MR) is 69.7 cm³/mol. The first-order valence-corrected chi connectivity index (χ1v) is 7.30. The van der Waals surface area contributed by atoms with E-state index in [2.05, 4.69) is 15.4 Å². The van der Waals surface area contributed by atoms with Crippen LogP contribution >= 0.6 is 0 Å². The molecule has 96 valence electrons. The zero-order valence-electron chi connectivity index (χ0n) is 10.8. The van der Waals surface area contributed by atoms with E-state index in [1.807, 2.05) is 6.20 Å². The number of nitrogens with zero attached hydrogens (tertiary/aromatic N) is 2. The molecule has 2 rings (SSSR count). The van der Waals surface area contributed by atoms with E-state index in [0.29, 0.717) is 0 Å². The van der Waals surface area contributed by atoms with Gasteiger partial charge < -0.3 is 0 Å². The van der Waals surface area contributed by atoms with Crippen LogP contribution < -0.4 is 0 Å². The summed E-state index contributed by atoms with van der Waals surface area (Å²) in [5, 5.41) is 10.8. The molecule has 1 aliphatic rings. The van der Waals surface area contributed by atoms with Crippen LogP contribution in [-0.2, 0) is 6.42 Å². The summed E-state index contributed by atoms with van der Waals surface area (Å²) in [6.45, 7) is 0. The van der Waals surface area contributed by atoms with E-state index in [1.54, 1.807) is 0 Å². The van der Waals surface area contributed by atoms with Crippen LogP contribution in [0.2, 0.25) is 0 Å². The second-order valence-electron chi connectivity index (χ2n) is 5.44. The average molecular weight is 235 g/mol. The van der Waals surface area contributed by atoms with Crippen LogP contribution in [0.3, 0.4) is 0 Å². The van der Waals surface area contributed by atoms with Crippen molar-refractivity contribution in [3.63, 3.8) is 0 Å². The molecule has 1 N–H and O–H groups in total. The number of nitrogens with one attached hydrogen (secondary N) is 1. The molecule has 1 saturated carbocycles. The van der Waals surface area contributed by atoms with Crippen molar-refractivity contribution in [3.8, 4) is 0 Å². The monoisotopic (exact) mass is 235 g/mol. The van der Waals surface area contributed by atoms with Gasteiger partial charge >= 0.3 is 0 Å². The molecule has 0 aliphatic heterocycles. The Labute approximate surface area is 104 Å². The van der Waals surface area contributed by atoms with Gasteiger partial charge in [-0.1, -0.05) is 64.2 Å². The summed E-state index contributed by atoms with van der Waals surface area (Å²) in [4.78, 5) is 0. The zero-order chi connectivity index (χ0) is 11.8. The molecule has 17 heavy (non-hydrogen) atoms. The Bertz CT molecular complexity index is 270. The third kappa shape index (κ3) is 4.88. The van der Waals surface area contributed by atoms with Crippen LogP contribution in [0.5, 0.6) is 0 Å². The lowest BCUT2D eigenvalue weighted by Crippen LogP contribution is -2.05. The number of hydrogen-bond donors (Lipinski definition) is 1. The second kappa shape index (κ2) is 7.46. The van der Waals surface area contributed by atoms with Gasteiger partial charge in [-0.2, -0.15) is 15.4 Å². The molecule has 1 aromatic heterocycles. The third-order valence-electron chi connectivity index (χ3n) is 3.94. The number of hydrogen-bond acceptors (Lipinski definition) is 2. The molecule has 0 unspecified atom stereocenters. The van der Waals surface area contributed by atoms with Crippen LogP contribution in [0.1, 0.15) is 69.9 Å². The van der Waals surface area contributed by atoms with Crippen molar-refractivity contribution in [2.24, 2.45) is 5.92 Å². The van der Waals surface area contributed by atoms with Crippen LogP contribution in [0, 0.1) is 5.92 Å². The summed E-state index contributed by atoms with van der Waals surface area (Å²) < 4.78 is 0. The van der Waals surface area contributed by atoms with E-state index in [9.17, 15) is 0 Å². The maximum Gasteiger partial charge on any atom is 0.0827 e. The molecule has 0 bridgehead atoms. The Hall–Kier alpha value is -0.860. The number of aromatic nitrogens is 3. The molecule has 0 aromatic carbocycles. The van der Waals surface area contributed by atoms with Gasteiger partial charge in [0.2, 0.25) is 0 Å². The van der Waals surface area contributed by atoms with Gasteiger partial charge in [0.25, 0.3) is 0 Å². The van der Waals surface area contributed by atoms with E-state index in [4.69, 9.17) is 0 Å². The van der Waals surface area contributed by atoms with Gasteiger partial charge in [-0.05, 0) is 12.3 Å². The van der Waals surface area contributed by atoms with Crippen molar-refractivity contribution in [2.45, 2.75) is 70.6 Å². The molecule has 0 atom stereocenters. The average Bonchev–Trinajstić information content (AvgIpc) is 2.80. The fourth-order valence-corrected chi connectivity index (χ4v) is 2.89. The Kier molecular flexibility index (Phi) is 5.53. The van der Waals surface area contributed by atoms with Crippen molar-refractivity contribution in [1.82, 2.24) is 15.4 Å². The highest BCUT2D eigenvalue weighted by Gasteiger charge is 2.12. The van der Waals surface area contributed by atoms with E-state index in [-0.39, 0.29) is 0 Å². The summed E-state index contributed by atoms with van der Waals surface area (Å²) in [6.07, 6.45) is 17.2. The summed E-state index contributed by atoms with van der Waals surface area (Å²) in [5.41, 5.74) is 1.14. The van der Waals surface area contributed by atoms with Crippen molar-refractivity contribution < 1.29 is 0 Å². The first-order valence-electron chi connectivity index (χ1n) is 7.30. The fourth-order valence-electron chi connectivity index (χ4n) is 2.89. The first-order chi connectivity index (χ1) is 8.45. The number of rotatable bonds is 2. The minimum absolute atomic E-state index is 0.832. The Morgan fingerprint density at radius 2 is 1.53 bits per heavy atom. The Balaban J connectivity index is 1.79. The molecule has 0 spiro atoms. The van der Waals surface area contributed by atoms with E-state index >= 15 is 0 Å². The largest absolute Gasteiger partial charge is 0.198 e. The topological polar surface area (TPSA) is 41.6 Å². The zero-order valence-corrected chi connectivity index (χ0v) is 10.8. The van der Waals surface area contributed by atoms with Gasteiger partial charge in [0.15, 0.2) is 0 Å². The molecule has 1 fully saturated rings. The second-order valence-corrected chi connectivity index (χ2v) is 5.44. The Morgan fingerprint density at radius 3 is 2.06 bits per heavy atom. The van der Waals surface area contributed by atoms with Crippen LogP contribution in [0.25, 0.3) is 0 Å². The molecule has 0 radical (unpaired) electrons. The standard InChI is InChI=1S/C14H25N3/c1-2-4-6-8-10-13(9-7-5-3-1)11-14-12-15-17-16-14/h12-13H,1-11H2,(H,15,16,17). The van der Waals surface area contributed by atoms with E-state index in [1.165, 1.54) is 64.2 Å². The minimum Gasteiger partial charge on any atom is -0.198 e. The van der Waals surface area contributed by atoms with Gasteiger partial charge in [0.05, 0.1) is 11.9 Å². The van der Waals surface area contributed by atoms with Crippen molar-refractivity contribution in [3.05, 3.63) is 11.9 Å². The number of aromatic amines is 1. The molecule has 3 nitrogen and oxygen atoms in total. The van der Waals surface area contributed by atoms with Crippen molar-refractivity contribution >= 4 is 0 Å². The fraction of sp³-hybridized carbons (Fsp3) is 0.857. The highest BCUT2D eigenvalue weighted by Crippen LogP contribution is 2.23. The molecule has 1 aliphatic carbocycles. The maximum absolute atomic E-state index is 4.19. The van der Waals surface area contributed by atoms with Crippen LogP contribution in [0.4, 0.5) is 0 Å². The van der Waals surface area contributed by atoms with Gasteiger partial charge in [0.1, 0.15) is 0 Å². The molecule has 1 heterocycles. The van der Waals surface area contributed by atoms with Gasteiger partial charge in [-0.25, -0.2) is 0 Å². The van der Waals surface area contributed by atoms with Gasteiger partial charge in [0, 0.05) is 0 Å². The maximum atomic E-state index is 4.19. The van der Waals surface area contributed by atoms with E-state index in [0.717, 1.165) is 18.0 Å². The van der Waals surface area contributed by atoms with Crippen LogP contribution in [0.15, 0.2) is 6.20 Å². The molecular weight excluding hydrogens is 210 g/mol. The highest BCUT2D eigenvalue weighted by molar-refractivity contribution is 4.92. The van der Waals surface area contributed by atoms with Crippen molar-refractivity contribution in [2.75, 3.05) is 0 Å². The smallest absolute Gasteiger partial charge is 0.0827 e. The summed E-state index contributed by atoms with van der Waals surface area (Å²) in [6, 6.07) is 0.